The Balaban J connectivity index is 1.29. The van der Waals surface area contributed by atoms with Gasteiger partial charge in [0, 0.05) is 19.5 Å². The fourth-order valence-corrected chi connectivity index (χ4v) is 5.78. The van der Waals surface area contributed by atoms with E-state index in [1.54, 1.807) is 35.4 Å². The Morgan fingerprint density at radius 1 is 1.02 bits per heavy atom. The quantitative estimate of drug-likeness (QED) is 0.414. The first-order valence-corrected chi connectivity index (χ1v) is 13.8. The molecular formula is C31H35FN4O4. The van der Waals surface area contributed by atoms with Crippen molar-refractivity contribution in [1.82, 2.24) is 9.88 Å². The van der Waals surface area contributed by atoms with E-state index >= 15 is 0 Å². The molecule has 0 atom stereocenters. The molecule has 2 N–H and O–H groups in total. The van der Waals surface area contributed by atoms with Crippen molar-refractivity contribution in [3.63, 3.8) is 0 Å². The molecule has 0 saturated carbocycles. The second-order valence-electron chi connectivity index (χ2n) is 10.5. The standard InChI is InChI=1S/C31H35FN4O4/c1-3-39-26-15-21(16-27(40-4-2)29(26)22-5-7-23(32)8-6-22)19-35-13-11-31(12-14-35)17-28(37)36(20-31)24-9-10-25(30(33)38)34-18-24/h5-10,15-16,18H,3-4,11-14,17,19-20H2,1-2H3,(H2,33,38). The van der Waals surface area contributed by atoms with Gasteiger partial charge in [0.2, 0.25) is 5.91 Å². The van der Waals surface area contributed by atoms with Crippen molar-refractivity contribution in [2.45, 2.75) is 39.7 Å². The zero-order valence-electron chi connectivity index (χ0n) is 23.0. The smallest absolute Gasteiger partial charge is 0.267 e. The van der Waals surface area contributed by atoms with Crippen LogP contribution in [-0.4, -0.2) is 54.5 Å². The topological polar surface area (TPSA) is 98.0 Å². The van der Waals surface area contributed by atoms with Crippen LogP contribution in [0.5, 0.6) is 11.5 Å². The van der Waals surface area contributed by atoms with Crippen molar-refractivity contribution < 1.29 is 23.5 Å². The third-order valence-corrected chi connectivity index (χ3v) is 7.81. The van der Waals surface area contributed by atoms with E-state index in [4.69, 9.17) is 15.2 Å². The molecule has 8 nitrogen and oxygen atoms in total. The molecule has 2 amide bonds. The predicted octanol–water partition coefficient (Wildman–Crippen LogP) is 4.80. The monoisotopic (exact) mass is 546 g/mol. The highest BCUT2D eigenvalue weighted by Gasteiger charge is 2.45. The molecule has 0 bridgehead atoms. The van der Waals surface area contributed by atoms with Crippen LogP contribution in [0.4, 0.5) is 10.1 Å². The molecule has 2 aromatic carbocycles. The summed E-state index contributed by atoms with van der Waals surface area (Å²) in [6.07, 6.45) is 3.88. The second-order valence-corrected chi connectivity index (χ2v) is 10.5. The molecule has 5 rings (SSSR count). The van der Waals surface area contributed by atoms with Gasteiger partial charge in [-0.25, -0.2) is 9.37 Å². The number of rotatable bonds is 9. The minimum absolute atomic E-state index is 0.0741. The number of anilines is 1. The number of hydrogen-bond acceptors (Lipinski definition) is 6. The summed E-state index contributed by atoms with van der Waals surface area (Å²) >= 11 is 0. The highest BCUT2D eigenvalue weighted by molar-refractivity contribution is 5.97. The minimum Gasteiger partial charge on any atom is -0.493 e. The van der Waals surface area contributed by atoms with E-state index in [1.165, 1.54) is 12.1 Å². The van der Waals surface area contributed by atoms with Crippen LogP contribution in [0.1, 0.15) is 49.2 Å². The number of ether oxygens (including phenoxy) is 2. The number of primary amides is 1. The second kappa shape index (κ2) is 11.6. The van der Waals surface area contributed by atoms with Gasteiger partial charge in [-0.05, 0) is 92.7 Å². The number of carbonyl (C=O) groups excluding carboxylic acids is 2. The van der Waals surface area contributed by atoms with Gasteiger partial charge in [0.25, 0.3) is 5.91 Å². The molecule has 2 aliphatic heterocycles. The molecule has 40 heavy (non-hydrogen) atoms. The zero-order valence-corrected chi connectivity index (χ0v) is 23.0. The van der Waals surface area contributed by atoms with Crippen LogP contribution in [0.3, 0.4) is 0 Å². The highest BCUT2D eigenvalue weighted by Crippen LogP contribution is 2.44. The summed E-state index contributed by atoms with van der Waals surface area (Å²) in [4.78, 5) is 32.6. The van der Waals surface area contributed by atoms with Crippen molar-refractivity contribution in [1.29, 1.82) is 0 Å². The first-order valence-electron chi connectivity index (χ1n) is 13.8. The average Bonchev–Trinajstić information content (AvgIpc) is 3.26. The van der Waals surface area contributed by atoms with Crippen LogP contribution in [0.2, 0.25) is 0 Å². The van der Waals surface area contributed by atoms with Crippen LogP contribution >= 0.6 is 0 Å². The lowest BCUT2D eigenvalue weighted by Gasteiger charge is -2.39. The van der Waals surface area contributed by atoms with Crippen molar-refractivity contribution in [2.75, 3.05) is 37.7 Å². The van der Waals surface area contributed by atoms with E-state index in [2.05, 4.69) is 22.0 Å². The average molecular weight is 547 g/mol. The fraction of sp³-hybridized carbons (Fsp3) is 0.387. The molecule has 0 unspecified atom stereocenters. The largest absolute Gasteiger partial charge is 0.493 e. The summed E-state index contributed by atoms with van der Waals surface area (Å²) < 4.78 is 25.7. The number of benzene rings is 2. The summed E-state index contributed by atoms with van der Waals surface area (Å²) in [6, 6.07) is 13.8. The molecule has 2 fully saturated rings. The van der Waals surface area contributed by atoms with E-state index in [0.29, 0.717) is 31.9 Å². The van der Waals surface area contributed by atoms with E-state index in [0.717, 1.165) is 60.7 Å². The van der Waals surface area contributed by atoms with E-state index in [1.807, 2.05) is 13.8 Å². The number of nitrogens with zero attached hydrogens (tertiary/aromatic N) is 3. The molecule has 1 aromatic heterocycles. The van der Waals surface area contributed by atoms with Crippen LogP contribution in [-0.2, 0) is 11.3 Å². The summed E-state index contributed by atoms with van der Waals surface area (Å²) in [5, 5.41) is 0. The Kier molecular flexibility index (Phi) is 8.02. The fourth-order valence-electron chi connectivity index (χ4n) is 5.78. The maximum atomic E-state index is 13.6. The summed E-state index contributed by atoms with van der Waals surface area (Å²) in [5.41, 5.74) is 8.85. The van der Waals surface area contributed by atoms with E-state index < -0.39 is 5.91 Å². The molecular weight excluding hydrogens is 511 g/mol. The third kappa shape index (κ3) is 5.79. The number of hydrogen-bond donors (Lipinski definition) is 1. The van der Waals surface area contributed by atoms with Crippen molar-refractivity contribution >= 4 is 17.5 Å². The number of aromatic nitrogens is 1. The van der Waals surface area contributed by atoms with Gasteiger partial charge in [-0.1, -0.05) is 12.1 Å². The molecule has 1 spiro atoms. The Morgan fingerprint density at radius 3 is 2.23 bits per heavy atom. The van der Waals surface area contributed by atoms with Gasteiger partial charge >= 0.3 is 0 Å². The van der Waals surface area contributed by atoms with Gasteiger partial charge in [-0.3, -0.25) is 14.5 Å². The minimum atomic E-state index is -0.588. The highest BCUT2D eigenvalue weighted by atomic mass is 19.1. The third-order valence-electron chi connectivity index (χ3n) is 7.81. The van der Waals surface area contributed by atoms with Gasteiger partial charge in [0.05, 0.1) is 30.7 Å². The van der Waals surface area contributed by atoms with Crippen LogP contribution < -0.4 is 20.1 Å². The lowest BCUT2D eigenvalue weighted by Crippen LogP contribution is -2.41. The van der Waals surface area contributed by atoms with E-state index in [9.17, 15) is 14.0 Å². The zero-order chi connectivity index (χ0) is 28.3. The Hall–Kier alpha value is -3.98. The molecule has 210 valence electrons. The number of amides is 2. The number of piperidine rings is 1. The number of pyridine rings is 1. The van der Waals surface area contributed by atoms with Crippen molar-refractivity contribution in [3.8, 4) is 22.6 Å². The van der Waals surface area contributed by atoms with Gasteiger partial charge in [0.1, 0.15) is 23.0 Å². The summed E-state index contributed by atoms with van der Waals surface area (Å²) in [7, 11) is 0. The normalized spacial score (nSPS) is 16.9. The van der Waals surface area contributed by atoms with Gasteiger partial charge < -0.3 is 20.1 Å². The maximum absolute atomic E-state index is 13.6. The van der Waals surface area contributed by atoms with Crippen LogP contribution in [0, 0.1) is 11.2 Å². The lowest BCUT2D eigenvalue weighted by molar-refractivity contribution is -0.118. The summed E-state index contributed by atoms with van der Waals surface area (Å²) in [5.74, 6) is 0.646. The number of likely N-dealkylation sites (tertiary alicyclic amines) is 1. The maximum Gasteiger partial charge on any atom is 0.267 e. The number of halogens is 1. The lowest BCUT2D eigenvalue weighted by atomic mass is 9.77. The molecule has 2 aliphatic rings. The molecule has 9 heteroatoms. The Bertz CT molecular complexity index is 1340. The van der Waals surface area contributed by atoms with Crippen molar-refractivity contribution in [2.24, 2.45) is 11.1 Å². The predicted molar refractivity (Wildman–Crippen MR) is 151 cm³/mol. The molecule has 0 aliphatic carbocycles. The van der Waals surface area contributed by atoms with Gasteiger partial charge in [-0.15, -0.1) is 0 Å². The Labute approximate surface area is 233 Å². The Morgan fingerprint density at radius 2 is 1.68 bits per heavy atom. The molecule has 2 saturated heterocycles. The molecule has 3 aromatic rings. The van der Waals surface area contributed by atoms with Crippen molar-refractivity contribution in [3.05, 3.63) is 71.8 Å². The SMILES string of the molecule is CCOc1cc(CN2CCC3(CC2)CC(=O)N(c2ccc(C(N)=O)nc2)C3)cc(OCC)c1-c1ccc(F)cc1. The number of nitrogens with two attached hydrogens (primary N) is 1. The van der Waals surface area contributed by atoms with E-state index in [-0.39, 0.29) is 22.8 Å². The van der Waals surface area contributed by atoms with Crippen LogP contribution in [0.25, 0.3) is 11.1 Å². The number of carbonyl (C=O) groups is 2. The first kappa shape index (κ1) is 27.6. The molecule has 3 heterocycles. The first-order chi connectivity index (χ1) is 19.3. The molecule has 0 radical (unpaired) electrons. The van der Waals surface area contributed by atoms with Gasteiger partial charge in [-0.2, -0.15) is 0 Å². The summed E-state index contributed by atoms with van der Waals surface area (Å²) in [6.45, 7) is 8.01. The van der Waals surface area contributed by atoms with Crippen LogP contribution in [0.15, 0.2) is 54.7 Å². The van der Waals surface area contributed by atoms with Gasteiger partial charge in [0.15, 0.2) is 0 Å².